The zero-order valence-corrected chi connectivity index (χ0v) is 15.3. The van der Waals surface area contributed by atoms with Crippen molar-refractivity contribution in [2.45, 2.75) is 31.8 Å². The number of carboxylic acids is 1. The highest BCUT2D eigenvalue weighted by atomic mass is 35.5. The maximum atomic E-state index is 11.1. The monoisotopic (exact) mass is 366 g/mol. The Morgan fingerprint density at radius 3 is 2.80 bits per heavy atom. The fourth-order valence-corrected chi connectivity index (χ4v) is 4.33. The van der Waals surface area contributed by atoms with Gasteiger partial charge in [-0.15, -0.1) is 0 Å². The summed E-state index contributed by atoms with van der Waals surface area (Å²) in [5.41, 5.74) is 1.22. The number of carbonyl (C=O) groups is 1. The van der Waals surface area contributed by atoms with Crippen molar-refractivity contribution < 1.29 is 14.6 Å². The lowest BCUT2D eigenvalue weighted by atomic mass is 9.86. The van der Waals surface area contributed by atoms with Crippen LogP contribution in [0, 0.1) is 5.92 Å². The van der Waals surface area contributed by atoms with E-state index in [2.05, 4.69) is 15.9 Å². The van der Waals surface area contributed by atoms with E-state index < -0.39 is 5.97 Å². The second-order valence-corrected chi connectivity index (χ2v) is 7.50. The minimum atomic E-state index is -0.701. The van der Waals surface area contributed by atoms with Crippen LogP contribution < -0.4 is 0 Å². The third-order valence-electron chi connectivity index (χ3n) is 5.32. The van der Waals surface area contributed by atoms with E-state index in [1.54, 1.807) is 0 Å². The highest BCUT2D eigenvalue weighted by Gasteiger charge is 2.34. The third kappa shape index (κ3) is 5.42. The van der Waals surface area contributed by atoms with Crippen LogP contribution in [0.15, 0.2) is 24.3 Å². The van der Waals surface area contributed by atoms with Gasteiger partial charge >= 0.3 is 5.97 Å². The lowest BCUT2D eigenvalue weighted by Gasteiger charge is -2.45. The average Bonchev–Trinajstić information content (AvgIpc) is 2.61. The van der Waals surface area contributed by atoms with Crippen molar-refractivity contribution in [2.24, 2.45) is 5.92 Å². The molecule has 2 heterocycles. The van der Waals surface area contributed by atoms with Crippen molar-refractivity contribution >= 4 is 17.6 Å². The minimum absolute atomic E-state index is 0.247. The number of aliphatic carboxylic acids is 1. The Morgan fingerprint density at radius 1 is 1.28 bits per heavy atom. The highest BCUT2D eigenvalue weighted by molar-refractivity contribution is 6.30. The first kappa shape index (κ1) is 18.6. The first-order chi connectivity index (χ1) is 12.1. The topological polar surface area (TPSA) is 53.0 Å². The number of likely N-dealkylation sites (tertiary alicyclic amines) is 1. The first-order valence-corrected chi connectivity index (χ1v) is 9.50. The summed E-state index contributed by atoms with van der Waals surface area (Å²) in [6.45, 7) is 6.35. The molecule has 1 aromatic rings. The van der Waals surface area contributed by atoms with Gasteiger partial charge in [0.1, 0.15) is 0 Å². The zero-order valence-electron chi connectivity index (χ0n) is 14.6. The fourth-order valence-electron chi connectivity index (χ4n) is 4.11. The lowest BCUT2D eigenvalue weighted by molar-refractivity contribution is -0.137. The Morgan fingerprint density at radius 2 is 2.08 bits per heavy atom. The summed E-state index contributed by atoms with van der Waals surface area (Å²) >= 11 is 6.10. The number of hydrogen-bond donors (Lipinski definition) is 1. The summed E-state index contributed by atoms with van der Waals surface area (Å²) in [4.78, 5) is 16.0. The van der Waals surface area contributed by atoms with Crippen LogP contribution in [0.4, 0.5) is 0 Å². The molecule has 2 aliphatic rings. The molecule has 1 aromatic carbocycles. The quantitative estimate of drug-likeness (QED) is 0.839. The van der Waals surface area contributed by atoms with Gasteiger partial charge in [0.05, 0.1) is 13.2 Å². The number of ether oxygens (including phenoxy) is 1. The van der Waals surface area contributed by atoms with Crippen molar-refractivity contribution in [3.05, 3.63) is 34.9 Å². The molecule has 2 aliphatic heterocycles. The SMILES string of the molecule is O=C(O)CC[C@@H]1CN(Cc2cccc(Cl)c2)CC[C@@H]1N1CCOCC1. The lowest BCUT2D eigenvalue weighted by Crippen LogP contribution is -2.53. The van der Waals surface area contributed by atoms with Gasteiger partial charge in [0.25, 0.3) is 0 Å². The van der Waals surface area contributed by atoms with Gasteiger partial charge in [0.15, 0.2) is 0 Å². The molecule has 0 amide bonds. The van der Waals surface area contributed by atoms with Gasteiger partial charge in [-0.25, -0.2) is 0 Å². The molecule has 25 heavy (non-hydrogen) atoms. The van der Waals surface area contributed by atoms with Crippen molar-refractivity contribution in [1.82, 2.24) is 9.80 Å². The molecule has 0 spiro atoms. The number of benzene rings is 1. The molecule has 2 atom stereocenters. The van der Waals surface area contributed by atoms with Crippen LogP contribution in [-0.2, 0) is 16.1 Å². The Balaban J connectivity index is 1.63. The van der Waals surface area contributed by atoms with Gasteiger partial charge in [-0.2, -0.15) is 0 Å². The van der Waals surface area contributed by atoms with E-state index >= 15 is 0 Å². The first-order valence-electron chi connectivity index (χ1n) is 9.12. The average molecular weight is 367 g/mol. The van der Waals surface area contributed by atoms with E-state index in [-0.39, 0.29) is 6.42 Å². The predicted molar refractivity (Wildman–Crippen MR) is 97.9 cm³/mol. The molecule has 2 fully saturated rings. The van der Waals surface area contributed by atoms with E-state index in [1.165, 1.54) is 5.56 Å². The maximum Gasteiger partial charge on any atom is 0.303 e. The number of morpholine rings is 1. The van der Waals surface area contributed by atoms with Crippen molar-refractivity contribution in [1.29, 1.82) is 0 Å². The number of hydrogen-bond acceptors (Lipinski definition) is 4. The van der Waals surface area contributed by atoms with Crippen molar-refractivity contribution in [2.75, 3.05) is 39.4 Å². The van der Waals surface area contributed by atoms with Crippen molar-refractivity contribution in [3.8, 4) is 0 Å². The summed E-state index contributed by atoms with van der Waals surface area (Å²) in [6.07, 6.45) is 2.07. The summed E-state index contributed by atoms with van der Waals surface area (Å²) in [5, 5.41) is 9.88. The minimum Gasteiger partial charge on any atom is -0.481 e. The predicted octanol–water partition coefficient (Wildman–Crippen LogP) is 2.73. The molecule has 1 N–H and O–H groups in total. The number of halogens is 1. The molecule has 5 nitrogen and oxygen atoms in total. The molecule has 0 aliphatic carbocycles. The van der Waals surface area contributed by atoms with E-state index in [9.17, 15) is 4.79 Å². The zero-order chi connectivity index (χ0) is 17.6. The molecule has 138 valence electrons. The van der Waals surface area contributed by atoms with Crippen molar-refractivity contribution in [3.63, 3.8) is 0 Å². The van der Waals surface area contributed by atoms with Gasteiger partial charge in [-0.1, -0.05) is 23.7 Å². The van der Waals surface area contributed by atoms with Gasteiger partial charge in [-0.3, -0.25) is 14.6 Å². The Hall–Kier alpha value is -1.14. The Bertz CT molecular complexity index is 578. The van der Waals surface area contributed by atoms with Gasteiger partial charge in [0.2, 0.25) is 0 Å². The maximum absolute atomic E-state index is 11.1. The van der Waals surface area contributed by atoms with Crippen LogP contribution in [0.2, 0.25) is 5.02 Å². The third-order valence-corrected chi connectivity index (χ3v) is 5.55. The fraction of sp³-hybridized carbons (Fsp3) is 0.632. The summed E-state index contributed by atoms with van der Waals surface area (Å²) in [7, 11) is 0. The van der Waals surface area contributed by atoms with Crippen LogP contribution in [0.1, 0.15) is 24.8 Å². The second kappa shape index (κ2) is 8.99. The second-order valence-electron chi connectivity index (χ2n) is 7.06. The molecule has 6 heteroatoms. The largest absolute Gasteiger partial charge is 0.481 e. The molecular weight excluding hydrogens is 340 g/mol. The van der Waals surface area contributed by atoms with Crippen LogP contribution in [0.5, 0.6) is 0 Å². The molecule has 2 saturated heterocycles. The smallest absolute Gasteiger partial charge is 0.303 e. The van der Waals surface area contributed by atoms with Crippen LogP contribution >= 0.6 is 11.6 Å². The number of carboxylic acid groups (broad SMARTS) is 1. The molecule has 0 radical (unpaired) electrons. The van der Waals surface area contributed by atoms with Gasteiger partial charge in [0, 0.05) is 43.7 Å². The summed E-state index contributed by atoms with van der Waals surface area (Å²) < 4.78 is 5.48. The number of nitrogens with zero attached hydrogens (tertiary/aromatic N) is 2. The van der Waals surface area contributed by atoms with E-state index in [4.69, 9.17) is 21.4 Å². The summed E-state index contributed by atoms with van der Waals surface area (Å²) in [6, 6.07) is 8.47. The standard InChI is InChI=1S/C19H27ClN2O3/c20-17-3-1-2-15(12-17)13-21-7-6-18(22-8-10-25-11-9-22)16(14-21)4-5-19(23)24/h1-3,12,16,18H,4-11,13-14H2,(H,23,24)/t16-,18+/m1/s1. The summed E-state index contributed by atoms with van der Waals surface area (Å²) in [5.74, 6) is -0.310. The van der Waals surface area contributed by atoms with E-state index in [1.807, 2.05) is 18.2 Å². The molecule has 3 rings (SSSR count). The molecule has 0 aromatic heterocycles. The van der Waals surface area contributed by atoms with Gasteiger partial charge in [-0.05, 0) is 43.0 Å². The van der Waals surface area contributed by atoms with E-state index in [0.717, 1.165) is 63.8 Å². The normalized spacial score (nSPS) is 25.8. The molecule has 0 bridgehead atoms. The Kier molecular flexibility index (Phi) is 6.70. The van der Waals surface area contributed by atoms with Crippen LogP contribution in [0.3, 0.4) is 0 Å². The molecule has 0 unspecified atom stereocenters. The van der Waals surface area contributed by atoms with Gasteiger partial charge < -0.3 is 9.84 Å². The Labute approximate surface area is 154 Å². The van der Waals surface area contributed by atoms with Crippen LogP contribution in [-0.4, -0.2) is 66.3 Å². The molecule has 0 saturated carbocycles. The molecular formula is C19H27ClN2O3. The number of piperidine rings is 1. The highest BCUT2D eigenvalue weighted by Crippen LogP contribution is 2.28. The van der Waals surface area contributed by atoms with E-state index in [0.29, 0.717) is 12.0 Å². The van der Waals surface area contributed by atoms with Crippen LogP contribution in [0.25, 0.3) is 0 Å². The number of rotatable bonds is 6.